The van der Waals surface area contributed by atoms with E-state index in [2.05, 4.69) is 4.98 Å². The van der Waals surface area contributed by atoms with Gasteiger partial charge in [-0.3, -0.25) is 9.59 Å². The van der Waals surface area contributed by atoms with E-state index in [1.165, 1.54) is 6.07 Å². The number of aromatic amines is 1. The molecular formula is C7H9NO3. The predicted molar refractivity (Wildman–Crippen MR) is 40.4 cm³/mol. The van der Waals surface area contributed by atoms with Crippen LogP contribution in [0.5, 0.6) is 0 Å². The summed E-state index contributed by atoms with van der Waals surface area (Å²) in [4.78, 5) is 21.7. The molecule has 2 N–H and O–H groups in total. The first kappa shape index (κ1) is 9.42. The summed E-state index contributed by atoms with van der Waals surface area (Å²) in [5, 5.41) is 7.42. The van der Waals surface area contributed by atoms with E-state index in [0.717, 1.165) is 6.92 Å². The monoisotopic (exact) mass is 155 g/mol. The van der Waals surface area contributed by atoms with E-state index < -0.39 is 5.97 Å². The number of H-pyrrole nitrogens is 1. The Bertz CT molecular complexity index is 245. The van der Waals surface area contributed by atoms with Gasteiger partial charge in [-0.25, -0.2) is 0 Å². The average molecular weight is 155 g/mol. The van der Waals surface area contributed by atoms with E-state index in [9.17, 15) is 4.79 Å². The Hall–Kier alpha value is -1.58. The summed E-state index contributed by atoms with van der Waals surface area (Å²) in [5.41, 5.74) is -0.0532. The molecule has 0 aliphatic rings. The summed E-state index contributed by atoms with van der Waals surface area (Å²) in [7, 11) is 0. The zero-order valence-electron chi connectivity index (χ0n) is 6.07. The molecule has 0 bridgehead atoms. The van der Waals surface area contributed by atoms with E-state index in [0.29, 0.717) is 0 Å². The van der Waals surface area contributed by atoms with Crippen LogP contribution in [0.2, 0.25) is 0 Å². The minimum Gasteiger partial charge on any atom is -0.481 e. The number of carboxylic acids is 1. The number of carboxylic acid groups (broad SMARTS) is 1. The molecule has 0 unspecified atom stereocenters. The first-order valence-corrected chi connectivity index (χ1v) is 2.96. The van der Waals surface area contributed by atoms with Crippen LogP contribution in [0.1, 0.15) is 6.92 Å². The van der Waals surface area contributed by atoms with E-state index in [1.54, 1.807) is 18.3 Å². The quantitative estimate of drug-likeness (QED) is 0.572. The summed E-state index contributed by atoms with van der Waals surface area (Å²) in [6.45, 7) is 1.08. The Balaban J connectivity index is 0.000000218. The second kappa shape index (κ2) is 5.22. The lowest BCUT2D eigenvalue weighted by atomic mass is 10.5. The zero-order chi connectivity index (χ0) is 8.69. The van der Waals surface area contributed by atoms with Crippen LogP contribution in [0, 0.1) is 0 Å². The number of aliphatic carboxylic acids is 1. The van der Waals surface area contributed by atoms with Crippen LogP contribution in [0.3, 0.4) is 0 Å². The Morgan fingerprint density at radius 1 is 1.55 bits per heavy atom. The second-order valence-corrected chi connectivity index (χ2v) is 1.75. The standard InChI is InChI=1S/C5H5NO.C2H4O2/c7-5-3-1-2-4-6-5;1-2(3)4/h1-4H,(H,6,7);1H3,(H,3,4). The summed E-state index contributed by atoms with van der Waals surface area (Å²) in [6.07, 6.45) is 1.60. The maximum Gasteiger partial charge on any atom is 0.300 e. The maximum atomic E-state index is 10.2. The highest BCUT2D eigenvalue weighted by molar-refractivity contribution is 5.62. The molecule has 0 radical (unpaired) electrons. The highest BCUT2D eigenvalue weighted by Crippen LogP contribution is 1.67. The largest absolute Gasteiger partial charge is 0.481 e. The lowest BCUT2D eigenvalue weighted by molar-refractivity contribution is -0.134. The van der Waals surface area contributed by atoms with Gasteiger partial charge < -0.3 is 10.1 Å². The van der Waals surface area contributed by atoms with Gasteiger partial charge in [0.2, 0.25) is 5.56 Å². The van der Waals surface area contributed by atoms with Crippen molar-refractivity contribution in [3.05, 3.63) is 34.7 Å². The predicted octanol–water partition coefficient (Wildman–Crippen LogP) is 0.466. The fraction of sp³-hybridized carbons (Fsp3) is 0.143. The van der Waals surface area contributed by atoms with Gasteiger partial charge in [0.15, 0.2) is 0 Å². The van der Waals surface area contributed by atoms with Crippen molar-refractivity contribution in [1.82, 2.24) is 4.98 Å². The van der Waals surface area contributed by atoms with Gasteiger partial charge in [0.1, 0.15) is 0 Å². The average Bonchev–Trinajstić information content (AvgIpc) is 1.87. The number of nitrogens with one attached hydrogen (secondary N) is 1. The molecule has 60 valence electrons. The number of pyridine rings is 1. The van der Waals surface area contributed by atoms with Crippen LogP contribution >= 0.6 is 0 Å². The molecule has 0 saturated heterocycles. The molecule has 4 nitrogen and oxygen atoms in total. The van der Waals surface area contributed by atoms with Crippen molar-refractivity contribution in [2.75, 3.05) is 0 Å². The third-order valence-electron chi connectivity index (χ3n) is 0.681. The molecule has 0 aliphatic carbocycles. The third-order valence-corrected chi connectivity index (χ3v) is 0.681. The van der Waals surface area contributed by atoms with Crippen LogP contribution in [-0.4, -0.2) is 16.1 Å². The lowest BCUT2D eigenvalue weighted by Crippen LogP contribution is -1.98. The van der Waals surface area contributed by atoms with Crippen molar-refractivity contribution in [3.8, 4) is 0 Å². The van der Waals surface area contributed by atoms with Crippen molar-refractivity contribution in [2.45, 2.75) is 6.92 Å². The van der Waals surface area contributed by atoms with Gasteiger partial charge in [-0.15, -0.1) is 0 Å². The number of hydrogen-bond acceptors (Lipinski definition) is 2. The van der Waals surface area contributed by atoms with E-state index in [-0.39, 0.29) is 5.56 Å². The SMILES string of the molecule is CC(=O)O.O=c1cccc[nH]1. The molecule has 1 heterocycles. The second-order valence-electron chi connectivity index (χ2n) is 1.75. The summed E-state index contributed by atoms with van der Waals surface area (Å²) >= 11 is 0. The highest BCUT2D eigenvalue weighted by atomic mass is 16.4. The summed E-state index contributed by atoms with van der Waals surface area (Å²) < 4.78 is 0. The van der Waals surface area contributed by atoms with Crippen LogP contribution in [-0.2, 0) is 4.79 Å². The minimum absolute atomic E-state index is 0.0532. The van der Waals surface area contributed by atoms with Gasteiger partial charge in [0.25, 0.3) is 5.97 Å². The van der Waals surface area contributed by atoms with Crippen molar-refractivity contribution < 1.29 is 9.90 Å². The van der Waals surface area contributed by atoms with Gasteiger partial charge in [-0.05, 0) is 6.07 Å². The first-order chi connectivity index (χ1) is 5.13. The Morgan fingerprint density at radius 2 is 2.09 bits per heavy atom. The topological polar surface area (TPSA) is 70.2 Å². The minimum atomic E-state index is -0.833. The van der Waals surface area contributed by atoms with Crippen molar-refractivity contribution in [1.29, 1.82) is 0 Å². The Labute approximate surface area is 63.5 Å². The van der Waals surface area contributed by atoms with Crippen molar-refractivity contribution in [2.24, 2.45) is 0 Å². The van der Waals surface area contributed by atoms with E-state index in [1.807, 2.05) is 0 Å². The van der Waals surface area contributed by atoms with Gasteiger partial charge in [-0.1, -0.05) is 6.07 Å². The number of rotatable bonds is 0. The van der Waals surface area contributed by atoms with Crippen LogP contribution < -0.4 is 5.56 Å². The van der Waals surface area contributed by atoms with Crippen molar-refractivity contribution in [3.63, 3.8) is 0 Å². The highest BCUT2D eigenvalue weighted by Gasteiger charge is 1.69. The number of hydrogen-bond donors (Lipinski definition) is 2. The summed E-state index contributed by atoms with van der Waals surface area (Å²) in [6, 6.07) is 4.93. The van der Waals surface area contributed by atoms with Crippen molar-refractivity contribution >= 4 is 5.97 Å². The first-order valence-electron chi connectivity index (χ1n) is 2.96. The molecule has 0 spiro atoms. The number of carbonyl (C=O) groups is 1. The molecule has 1 rings (SSSR count). The van der Waals surface area contributed by atoms with E-state index in [4.69, 9.17) is 9.90 Å². The molecule has 0 amide bonds. The molecule has 0 saturated carbocycles. The molecular weight excluding hydrogens is 146 g/mol. The summed E-state index contributed by atoms with van der Waals surface area (Å²) in [5.74, 6) is -0.833. The van der Waals surface area contributed by atoms with Gasteiger partial charge in [0.05, 0.1) is 0 Å². The van der Waals surface area contributed by atoms with Gasteiger partial charge in [-0.2, -0.15) is 0 Å². The Morgan fingerprint density at radius 3 is 2.27 bits per heavy atom. The van der Waals surface area contributed by atoms with Crippen LogP contribution in [0.15, 0.2) is 29.2 Å². The molecule has 0 fully saturated rings. The van der Waals surface area contributed by atoms with Crippen LogP contribution in [0.25, 0.3) is 0 Å². The zero-order valence-corrected chi connectivity index (χ0v) is 6.07. The number of aromatic nitrogens is 1. The Kier molecular flexibility index (Phi) is 4.47. The fourth-order valence-corrected chi connectivity index (χ4v) is 0.377. The fourth-order valence-electron chi connectivity index (χ4n) is 0.377. The van der Waals surface area contributed by atoms with Gasteiger partial charge in [0, 0.05) is 19.2 Å². The molecule has 0 aliphatic heterocycles. The third kappa shape index (κ3) is 8.42. The van der Waals surface area contributed by atoms with Gasteiger partial charge >= 0.3 is 0 Å². The van der Waals surface area contributed by atoms with Crippen LogP contribution in [0.4, 0.5) is 0 Å². The molecule has 4 heteroatoms. The van der Waals surface area contributed by atoms with E-state index >= 15 is 0 Å². The molecule has 11 heavy (non-hydrogen) atoms. The molecule has 1 aromatic heterocycles. The maximum absolute atomic E-state index is 10.2. The normalized spacial score (nSPS) is 7.73. The smallest absolute Gasteiger partial charge is 0.300 e. The lowest BCUT2D eigenvalue weighted by Gasteiger charge is -1.73. The molecule has 1 aromatic rings. The molecule has 0 atom stereocenters. The molecule has 0 aromatic carbocycles.